The zero-order chi connectivity index (χ0) is 15.6. The summed E-state index contributed by atoms with van der Waals surface area (Å²) in [6.07, 6.45) is -4.64. The van der Waals surface area contributed by atoms with Crippen LogP contribution in [0.25, 0.3) is 0 Å². The van der Waals surface area contributed by atoms with Crippen LogP contribution in [0.3, 0.4) is 0 Å². The molecule has 112 valence electrons. The van der Waals surface area contributed by atoms with Crippen molar-refractivity contribution in [3.63, 3.8) is 0 Å². The SMILES string of the molecule is CN(CC(N)=NO)S(=O)(=O)c1cccc(C(F)(F)F)c1. The van der Waals surface area contributed by atoms with E-state index in [-0.39, 0.29) is 5.84 Å². The maximum atomic E-state index is 12.5. The molecule has 10 heteroatoms. The molecule has 0 radical (unpaired) electrons. The highest BCUT2D eigenvalue weighted by Gasteiger charge is 2.32. The number of nitrogens with two attached hydrogens (primary N) is 1. The van der Waals surface area contributed by atoms with Crippen LogP contribution in [0.5, 0.6) is 0 Å². The summed E-state index contributed by atoms with van der Waals surface area (Å²) in [5, 5.41) is 11.0. The second-order valence-corrected chi connectivity index (χ2v) is 5.92. The third-order valence-corrected chi connectivity index (χ3v) is 4.18. The number of likely N-dealkylation sites (N-methyl/N-ethyl adjacent to an activating group) is 1. The van der Waals surface area contributed by atoms with E-state index in [1.165, 1.54) is 0 Å². The quantitative estimate of drug-likeness (QED) is 0.376. The molecule has 3 N–H and O–H groups in total. The highest BCUT2D eigenvalue weighted by Crippen LogP contribution is 2.30. The number of benzene rings is 1. The molecular weight excluding hydrogens is 299 g/mol. The number of hydrogen-bond acceptors (Lipinski definition) is 4. The largest absolute Gasteiger partial charge is 0.416 e. The number of hydrogen-bond donors (Lipinski definition) is 2. The van der Waals surface area contributed by atoms with Gasteiger partial charge >= 0.3 is 6.18 Å². The summed E-state index contributed by atoms with van der Waals surface area (Å²) in [5.74, 6) is -0.386. The van der Waals surface area contributed by atoms with Gasteiger partial charge in [0.2, 0.25) is 10.0 Å². The van der Waals surface area contributed by atoms with Gasteiger partial charge in [-0.3, -0.25) is 0 Å². The van der Waals surface area contributed by atoms with Crippen LogP contribution >= 0.6 is 0 Å². The highest BCUT2D eigenvalue weighted by atomic mass is 32.2. The normalized spacial score (nSPS) is 13.8. The Morgan fingerprint density at radius 1 is 1.45 bits per heavy atom. The maximum Gasteiger partial charge on any atom is 0.416 e. The Morgan fingerprint density at radius 3 is 2.55 bits per heavy atom. The zero-order valence-corrected chi connectivity index (χ0v) is 11.1. The van der Waals surface area contributed by atoms with Gasteiger partial charge in [-0.05, 0) is 18.2 Å². The number of rotatable bonds is 4. The highest BCUT2D eigenvalue weighted by molar-refractivity contribution is 7.89. The van der Waals surface area contributed by atoms with Gasteiger partial charge in [0.05, 0.1) is 17.0 Å². The summed E-state index contributed by atoms with van der Waals surface area (Å²) in [6, 6.07) is 3.32. The predicted molar refractivity (Wildman–Crippen MR) is 64.7 cm³/mol. The van der Waals surface area contributed by atoms with E-state index in [1.807, 2.05) is 0 Å². The zero-order valence-electron chi connectivity index (χ0n) is 10.3. The minimum atomic E-state index is -4.64. The van der Waals surface area contributed by atoms with Crippen molar-refractivity contribution >= 4 is 15.9 Å². The van der Waals surface area contributed by atoms with Gasteiger partial charge in [-0.15, -0.1) is 0 Å². The lowest BCUT2D eigenvalue weighted by molar-refractivity contribution is -0.137. The molecular formula is C10H12F3N3O3S. The first-order valence-corrected chi connectivity index (χ1v) is 6.63. The summed E-state index contributed by atoms with van der Waals surface area (Å²) in [5.41, 5.74) is 4.09. The van der Waals surface area contributed by atoms with Gasteiger partial charge in [-0.1, -0.05) is 11.2 Å². The molecule has 1 aromatic carbocycles. The number of oxime groups is 1. The fourth-order valence-electron chi connectivity index (χ4n) is 1.36. The van der Waals surface area contributed by atoms with Gasteiger partial charge in [0.25, 0.3) is 0 Å². The van der Waals surface area contributed by atoms with E-state index in [9.17, 15) is 21.6 Å². The van der Waals surface area contributed by atoms with E-state index in [4.69, 9.17) is 10.9 Å². The number of halogens is 3. The van der Waals surface area contributed by atoms with E-state index < -0.39 is 33.2 Å². The lowest BCUT2D eigenvalue weighted by Gasteiger charge is -2.17. The van der Waals surface area contributed by atoms with Crippen molar-refractivity contribution in [1.29, 1.82) is 0 Å². The number of sulfonamides is 1. The van der Waals surface area contributed by atoms with Crippen LogP contribution in [0.2, 0.25) is 0 Å². The van der Waals surface area contributed by atoms with Gasteiger partial charge in [0, 0.05) is 7.05 Å². The van der Waals surface area contributed by atoms with Crippen molar-refractivity contribution in [1.82, 2.24) is 4.31 Å². The molecule has 0 heterocycles. The smallest absolute Gasteiger partial charge is 0.409 e. The molecule has 1 rings (SSSR count). The minimum Gasteiger partial charge on any atom is -0.409 e. The van der Waals surface area contributed by atoms with Crippen molar-refractivity contribution in [2.45, 2.75) is 11.1 Å². The third kappa shape index (κ3) is 3.61. The molecule has 20 heavy (non-hydrogen) atoms. The number of nitrogens with zero attached hydrogens (tertiary/aromatic N) is 2. The van der Waals surface area contributed by atoms with E-state index in [0.717, 1.165) is 25.2 Å². The average Bonchev–Trinajstić information content (AvgIpc) is 2.37. The first kappa shape index (κ1) is 16.2. The molecule has 0 aliphatic heterocycles. The monoisotopic (exact) mass is 311 g/mol. The summed E-state index contributed by atoms with van der Waals surface area (Å²) < 4.78 is 62.4. The molecule has 0 aliphatic carbocycles. The molecule has 0 saturated carbocycles. The standard InChI is InChI=1S/C10H12F3N3O3S/c1-16(6-9(14)15-17)20(18,19)8-4-2-3-7(5-8)10(11,12)13/h2-5,17H,6H2,1H3,(H2,14,15). The maximum absolute atomic E-state index is 12.5. The molecule has 6 nitrogen and oxygen atoms in total. The minimum absolute atomic E-state index is 0.386. The van der Waals surface area contributed by atoms with Crippen LogP contribution in [0.4, 0.5) is 13.2 Å². The van der Waals surface area contributed by atoms with Crippen LogP contribution < -0.4 is 5.73 Å². The Bertz CT molecular complexity index is 614. The second-order valence-electron chi connectivity index (χ2n) is 3.88. The van der Waals surface area contributed by atoms with Crippen LogP contribution in [0.1, 0.15) is 5.56 Å². The van der Waals surface area contributed by atoms with Gasteiger partial charge in [0.1, 0.15) is 0 Å². The lowest BCUT2D eigenvalue weighted by Crippen LogP contribution is -2.35. The average molecular weight is 311 g/mol. The predicted octanol–water partition coefficient (Wildman–Crippen LogP) is 1.07. The molecule has 0 amide bonds. The lowest BCUT2D eigenvalue weighted by atomic mass is 10.2. The molecule has 0 saturated heterocycles. The summed E-state index contributed by atoms with van der Waals surface area (Å²) in [7, 11) is -3.06. The molecule has 0 fully saturated rings. The van der Waals surface area contributed by atoms with Crippen LogP contribution in [-0.2, 0) is 16.2 Å². The molecule has 0 unspecified atom stereocenters. The molecule has 0 aliphatic rings. The Morgan fingerprint density at radius 2 is 2.05 bits per heavy atom. The van der Waals surface area contributed by atoms with Crippen molar-refractivity contribution in [3.05, 3.63) is 29.8 Å². The fourth-order valence-corrected chi connectivity index (χ4v) is 2.55. The topological polar surface area (TPSA) is 96.0 Å². The Balaban J connectivity index is 3.16. The fraction of sp³-hybridized carbons (Fsp3) is 0.300. The van der Waals surface area contributed by atoms with E-state index >= 15 is 0 Å². The van der Waals surface area contributed by atoms with Crippen LogP contribution in [0, 0.1) is 0 Å². The van der Waals surface area contributed by atoms with Gasteiger partial charge in [-0.2, -0.15) is 17.5 Å². The second kappa shape index (κ2) is 5.67. The van der Waals surface area contributed by atoms with Gasteiger partial charge in [-0.25, -0.2) is 8.42 Å². The summed E-state index contributed by atoms with van der Waals surface area (Å²) in [6.45, 7) is -0.449. The van der Waals surface area contributed by atoms with E-state index in [2.05, 4.69) is 5.16 Å². The third-order valence-electron chi connectivity index (χ3n) is 2.38. The Labute approximate surface area is 113 Å². The Hall–Kier alpha value is -1.81. The first-order chi connectivity index (χ1) is 9.09. The summed E-state index contributed by atoms with van der Waals surface area (Å²) >= 11 is 0. The molecule has 0 atom stereocenters. The van der Waals surface area contributed by atoms with Crippen LogP contribution in [-0.4, -0.2) is 37.4 Å². The molecule has 1 aromatic rings. The number of alkyl halides is 3. The van der Waals surface area contributed by atoms with E-state index in [0.29, 0.717) is 10.4 Å². The van der Waals surface area contributed by atoms with Gasteiger partial charge in [0.15, 0.2) is 5.84 Å². The molecule has 0 aromatic heterocycles. The first-order valence-electron chi connectivity index (χ1n) is 5.19. The number of amidine groups is 1. The van der Waals surface area contributed by atoms with Crippen molar-refractivity contribution in [2.24, 2.45) is 10.9 Å². The Kier molecular flexibility index (Phi) is 4.61. The van der Waals surface area contributed by atoms with Crippen molar-refractivity contribution < 1.29 is 26.8 Å². The van der Waals surface area contributed by atoms with E-state index in [1.54, 1.807) is 0 Å². The molecule has 0 spiro atoms. The van der Waals surface area contributed by atoms with Crippen LogP contribution in [0.15, 0.2) is 34.3 Å². The van der Waals surface area contributed by atoms with Crippen molar-refractivity contribution in [3.8, 4) is 0 Å². The van der Waals surface area contributed by atoms with Crippen molar-refractivity contribution in [2.75, 3.05) is 13.6 Å². The molecule has 0 bridgehead atoms. The van der Waals surface area contributed by atoms with Gasteiger partial charge < -0.3 is 10.9 Å². The summed E-state index contributed by atoms with van der Waals surface area (Å²) in [4.78, 5) is -0.527.